The molecule has 4 aromatic heterocycles. The fourth-order valence-electron chi connectivity index (χ4n) is 8.71. The van der Waals surface area contributed by atoms with Crippen LogP contribution in [0.4, 0.5) is 0 Å². The third kappa shape index (κ3) is 3.65. The van der Waals surface area contributed by atoms with Gasteiger partial charge in [-0.15, -0.1) is 0 Å². The standard InChI is InChI=1S/C48H28N2O2/c1-6-19-40(50-42-21-8-3-16-33(42)37-25-27-39-35-18-5-10-23-44(35)52-48(39)46(37)50)31(14-1)29-12-11-13-30(28-29)49-41-20-7-2-15-32(41)36-24-26-38-34-17-4-9-22-43(34)51-47(38)45(36)49/h1-28H. The maximum Gasteiger partial charge on any atom is 0.160 e. The van der Waals surface area contributed by atoms with Gasteiger partial charge in [-0.3, -0.25) is 0 Å². The Morgan fingerprint density at radius 2 is 0.846 bits per heavy atom. The highest BCUT2D eigenvalue weighted by Crippen LogP contribution is 2.44. The van der Waals surface area contributed by atoms with Gasteiger partial charge in [0.15, 0.2) is 11.2 Å². The van der Waals surface area contributed by atoms with Crippen LogP contribution in [0.25, 0.3) is 110 Å². The molecule has 0 N–H and O–H groups in total. The average Bonchev–Trinajstić information content (AvgIpc) is 3.95. The Kier molecular flexibility index (Phi) is 5.47. The summed E-state index contributed by atoms with van der Waals surface area (Å²) in [7, 11) is 0. The zero-order valence-electron chi connectivity index (χ0n) is 27.9. The van der Waals surface area contributed by atoms with Crippen molar-refractivity contribution < 1.29 is 8.83 Å². The van der Waals surface area contributed by atoms with E-state index in [1.54, 1.807) is 0 Å². The molecular weight excluding hydrogens is 637 g/mol. The minimum absolute atomic E-state index is 0.896. The number of aromatic nitrogens is 2. The second-order valence-electron chi connectivity index (χ2n) is 13.6. The van der Waals surface area contributed by atoms with Gasteiger partial charge in [0, 0.05) is 54.3 Å². The van der Waals surface area contributed by atoms with E-state index in [1.807, 2.05) is 12.1 Å². The van der Waals surface area contributed by atoms with E-state index in [4.69, 9.17) is 8.83 Å². The summed E-state index contributed by atoms with van der Waals surface area (Å²) in [4.78, 5) is 0. The quantitative estimate of drug-likeness (QED) is 0.188. The molecule has 0 aliphatic rings. The highest BCUT2D eigenvalue weighted by atomic mass is 16.3. The number of nitrogens with zero attached hydrogens (tertiary/aromatic N) is 2. The lowest BCUT2D eigenvalue weighted by Crippen LogP contribution is -1.99. The zero-order chi connectivity index (χ0) is 33.9. The lowest BCUT2D eigenvalue weighted by atomic mass is 10.0. The van der Waals surface area contributed by atoms with E-state index < -0.39 is 0 Å². The SMILES string of the molecule is c1cc(-c2ccccc2-n2c3ccccc3c3ccc4c5ccccc5oc4c32)cc(-n2c3ccccc3c3ccc4c5ccccc5oc4c32)c1. The molecule has 12 aromatic rings. The molecule has 0 radical (unpaired) electrons. The summed E-state index contributed by atoms with van der Waals surface area (Å²) in [5, 5.41) is 9.24. The van der Waals surface area contributed by atoms with Gasteiger partial charge in [0.05, 0.1) is 27.8 Å². The lowest BCUT2D eigenvalue weighted by Gasteiger charge is -2.16. The minimum atomic E-state index is 0.896. The van der Waals surface area contributed by atoms with Gasteiger partial charge >= 0.3 is 0 Å². The van der Waals surface area contributed by atoms with Crippen LogP contribution < -0.4 is 0 Å². The van der Waals surface area contributed by atoms with Crippen molar-refractivity contribution in [2.45, 2.75) is 0 Å². The third-order valence-corrected chi connectivity index (χ3v) is 10.9. The monoisotopic (exact) mass is 664 g/mol. The van der Waals surface area contributed by atoms with Gasteiger partial charge in [0.2, 0.25) is 0 Å². The third-order valence-electron chi connectivity index (χ3n) is 10.9. The number of rotatable bonds is 3. The van der Waals surface area contributed by atoms with E-state index in [-0.39, 0.29) is 0 Å². The van der Waals surface area contributed by atoms with Gasteiger partial charge < -0.3 is 18.0 Å². The Hall–Kier alpha value is -7.04. The first-order valence-electron chi connectivity index (χ1n) is 17.7. The fourth-order valence-corrected chi connectivity index (χ4v) is 8.71. The predicted molar refractivity (Wildman–Crippen MR) is 215 cm³/mol. The van der Waals surface area contributed by atoms with Crippen LogP contribution in [0.15, 0.2) is 179 Å². The van der Waals surface area contributed by atoms with E-state index in [9.17, 15) is 0 Å². The van der Waals surface area contributed by atoms with Crippen LogP contribution in [0.2, 0.25) is 0 Å². The summed E-state index contributed by atoms with van der Waals surface area (Å²) in [6.07, 6.45) is 0. The molecule has 0 spiro atoms. The van der Waals surface area contributed by atoms with Crippen LogP contribution in [0.1, 0.15) is 0 Å². The Bertz CT molecular complexity index is 3420. The predicted octanol–water partition coefficient (Wildman–Crippen LogP) is 13.3. The molecule has 52 heavy (non-hydrogen) atoms. The van der Waals surface area contributed by atoms with Crippen molar-refractivity contribution in [2.24, 2.45) is 0 Å². The Balaban J connectivity index is 1.14. The highest BCUT2D eigenvalue weighted by Gasteiger charge is 2.22. The number of hydrogen-bond acceptors (Lipinski definition) is 2. The molecule has 0 bridgehead atoms. The van der Waals surface area contributed by atoms with Crippen LogP contribution in [0, 0.1) is 0 Å². The number of benzene rings is 8. The van der Waals surface area contributed by atoms with E-state index in [1.165, 1.54) is 21.5 Å². The zero-order valence-corrected chi connectivity index (χ0v) is 27.9. The second-order valence-corrected chi connectivity index (χ2v) is 13.6. The molecule has 242 valence electrons. The van der Waals surface area contributed by atoms with E-state index in [0.29, 0.717) is 0 Å². The normalized spacial score (nSPS) is 12.2. The largest absolute Gasteiger partial charge is 0.454 e. The summed E-state index contributed by atoms with van der Waals surface area (Å²) in [6.45, 7) is 0. The fraction of sp³-hybridized carbons (Fsp3) is 0. The van der Waals surface area contributed by atoms with Crippen molar-refractivity contribution in [3.8, 4) is 22.5 Å². The van der Waals surface area contributed by atoms with Crippen molar-refractivity contribution >= 4 is 87.5 Å². The van der Waals surface area contributed by atoms with Gasteiger partial charge in [-0.2, -0.15) is 0 Å². The molecule has 0 saturated heterocycles. The number of para-hydroxylation sites is 5. The van der Waals surface area contributed by atoms with Crippen molar-refractivity contribution in [3.05, 3.63) is 170 Å². The Labute approximate surface area is 296 Å². The summed E-state index contributed by atoms with van der Waals surface area (Å²) >= 11 is 0. The number of fused-ring (bicyclic) bond motifs is 14. The average molecular weight is 665 g/mol. The van der Waals surface area contributed by atoms with Crippen molar-refractivity contribution in [1.82, 2.24) is 9.13 Å². The first-order chi connectivity index (χ1) is 25.8. The molecule has 4 nitrogen and oxygen atoms in total. The second kappa shape index (κ2) is 10.3. The first kappa shape index (κ1) is 27.7. The molecular formula is C48H28N2O2. The molecule has 0 aliphatic carbocycles. The summed E-state index contributed by atoms with van der Waals surface area (Å²) in [5.41, 5.74) is 12.5. The maximum absolute atomic E-state index is 6.68. The van der Waals surface area contributed by atoms with E-state index >= 15 is 0 Å². The molecule has 0 fully saturated rings. The molecule has 12 rings (SSSR count). The lowest BCUT2D eigenvalue weighted by molar-refractivity contribution is 0.670. The molecule has 4 heterocycles. The van der Waals surface area contributed by atoms with E-state index in [0.717, 1.165) is 88.4 Å². The first-order valence-corrected chi connectivity index (χ1v) is 17.7. The smallest absolute Gasteiger partial charge is 0.160 e. The molecule has 0 saturated carbocycles. The molecule has 4 heteroatoms. The van der Waals surface area contributed by atoms with Gasteiger partial charge in [0.25, 0.3) is 0 Å². The van der Waals surface area contributed by atoms with Crippen LogP contribution in [0.3, 0.4) is 0 Å². The van der Waals surface area contributed by atoms with Gasteiger partial charge in [0.1, 0.15) is 11.2 Å². The minimum Gasteiger partial charge on any atom is -0.454 e. The van der Waals surface area contributed by atoms with Crippen LogP contribution >= 0.6 is 0 Å². The van der Waals surface area contributed by atoms with Crippen molar-refractivity contribution in [1.29, 1.82) is 0 Å². The highest BCUT2D eigenvalue weighted by molar-refractivity contribution is 6.23. The molecule has 8 aromatic carbocycles. The van der Waals surface area contributed by atoms with E-state index in [2.05, 4.69) is 167 Å². The summed E-state index contributed by atoms with van der Waals surface area (Å²) in [6, 6.07) is 60.5. The molecule has 0 aliphatic heterocycles. The number of furan rings is 2. The molecule has 0 amide bonds. The topological polar surface area (TPSA) is 36.1 Å². The molecule has 0 unspecified atom stereocenters. The molecule has 0 atom stereocenters. The Morgan fingerprint density at radius 3 is 1.50 bits per heavy atom. The summed E-state index contributed by atoms with van der Waals surface area (Å²) < 4.78 is 18.1. The Morgan fingerprint density at radius 1 is 0.346 bits per heavy atom. The van der Waals surface area contributed by atoms with Crippen LogP contribution in [0.5, 0.6) is 0 Å². The maximum atomic E-state index is 6.68. The van der Waals surface area contributed by atoms with Crippen molar-refractivity contribution in [2.75, 3.05) is 0 Å². The van der Waals surface area contributed by atoms with Gasteiger partial charge in [-0.25, -0.2) is 0 Å². The van der Waals surface area contributed by atoms with Crippen LogP contribution in [-0.2, 0) is 0 Å². The van der Waals surface area contributed by atoms with Crippen LogP contribution in [-0.4, -0.2) is 9.13 Å². The van der Waals surface area contributed by atoms with Crippen molar-refractivity contribution in [3.63, 3.8) is 0 Å². The summed E-state index contributed by atoms with van der Waals surface area (Å²) in [5.74, 6) is 0. The van der Waals surface area contributed by atoms with Gasteiger partial charge in [-0.05, 0) is 60.2 Å². The van der Waals surface area contributed by atoms with Gasteiger partial charge in [-0.1, -0.05) is 115 Å². The number of hydrogen-bond donors (Lipinski definition) is 0.